The van der Waals surface area contributed by atoms with Crippen molar-refractivity contribution in [3.8, 4) is 0 Å². The fourth-order valence-corrected chi connectivity index (χ4v) is 3.10. The molecule has 6 nitrogen and oxygen atoms in total. The van der Waals surface area contributed by atoms with Crippen LogP contribution in [0, 0.1) is 0 Å². The molecule has 2 atom stereocenters. The van der Waals surface area contributed by atoms with E-state index in [0.29, 0.717) is 13.0 Å². The van der Waals surface area contributed by atoms with E-state index < -0.39 is 0 Å². The lowest BCUT2D eigenvalue weighted by Gasteiger charge is -2.28. The van der Waals surface area contributed by atoms with Gasteiger partial charge >= 0.3 is 0 Å². The molecule has 0 aliphatic carbocycles. The first-order chi connectivity index (χ1) is 9.74. The first kappa shape index (κ1) is 19.2. The van der Waals surface area contributed by atoms with E-state index in [4.69, 9.17) is 4.74 Å². The van der Waals surface area contributed by atoms with Gasteiger partial charge in [0.15, 0.2) is 0 Å². The maximum Gasteiger partial charge on any atom is 0.224 e. The second-order valence-electron chi connectivity index (χ2n) is 5.62. The van der Waals surface area contributed by atoms with Crippen molar-refractivity contribution in [3.05, 3.63) is 18.0 Å². The standard InChI is InChI=1S/C14H22N4O2.2ClH/c1-17-9-11(8-16-17)13-3-2-5-18(13)14(19)7-12-10-20-6-4-15-12;;/h8-9,12-13,15H,2-7,10H2,1H3;2*1H. The molecule has 0 bridgehead atoms. The lowest BCUT2D eigenvalue weighted by Crippen LogP contribution is -2.45. The highest BCUT2D eigenvalue weighted by molar-refractivity contribution is 5.85. The third-order valence-corrected chi connectivity index (χ3v) is 4.10. The van der Waals surface area contributed by atoms with E-state index in [1.807, 2.05) is 24.3 Å². The minimum atomic E-state index is 0. The summed E-state index contributed by atoms with van der Waals surface area (Å²) in [5.74, 6) is 0.222. The van der Waals surface area contributed by atoms with Crippen molar-refractivity contribution in [2.75, 3.05) is 26.3 Å². The monoisotopic (exact) mass is 350 g/mol. The number of nitrogens with zero attached hydrogens (tertiary/aromatic N) is 3. The van der Waals surface area contributed by atoms with Crippen LogP contribution in [0.25, 0.3) is 0 Å². The number of halogens is 2. The second-order valence-corrected chi connectivity index (χ2v) is 5.62. The normalized spacial score (nSPS) is 24.5. The summed E-state index contributed by atoms with van der Waals surface area (Å²) >= 11 is 0. The largest absolute Gasteiger partial charge is 0.378 e. The fraction of sp³-hybridized carbons (Fsp3) is 0.714. The van der Waals surface area contributed by atoms with Crippen molar-refractivity contribution >= 4 is 30.7 Å². The summed E-state index contributed by atoms with van der Waals surface area (Å²) < 4.78 is 7.21. The molecule has 1 N–H and O–H groups in total. The summed E-state index contributed by atoms with van der Waals surface area (Å²) in [4.78, 5) is 14.5. The molecule has 2 saturated heterocycles. The highest BCUT2D eigenvalue weighted by atomic mass is 35.5. The van der Waals surface area contributed by atoms with E-state index in [1.54, 1.807) is 4.68 Å². The molecule has 0 radical (unpaired) electrons. The van der Waals surface area contributed by atoms with Crippen LogP contribution >= 0.6 is 24.8 Å². The number of hydrogen-bond acceptors (Lipinski definition) is 4. The Bertz CT molecular complexity index is 477. The summed E-state index contributed by atoms with van der Waals surface area (Å²) in [6.07, 6.45) is 6.51. The number of amides is 1. The van der Waals surface area contributed by atoms with Crippen molar-refractivity contribution in [2.24, 2.45) is 7.05 Å². The maximum atomic E-state index is 12.5. The van der Waals surface area contributed by atoms with Crippen molar-refractivity contribution in [3.63, 3.8) is 0 Å². The molecule has 126 valence electrons. The predicted octanol–water partition coefficient (Wildman–Crippen LogP) is 1.31. The molecule has 2 fully saturated rings. The summed E-state index contributed by atoms with van der Waals surface area (Å²) in [6, 6.07) is 0.354. The number of rotatable bonds is 3. The molecule has 22 heavy (non-hydrogen) atoms. The minimum absolute atomic E-state index is 0. The van der Waals surface area contributed by atoms with E-state index in [-0.39, 0.29) is 42.8 Å². The Labute approximate surface area is 143 Å². The first-order valence-corrected chi connectivity index (χ1v) is 7.33. The zero-order valence-corrected chi connectivity index (χ0v) is 14.4. The van der Waals surface area contributed by atoms with Gasteiger partial charge in [-0.15, -0.1) is 24.8 Å². The van der Waals surface area contributed by atoms with Gasteiger partial charge in [-0.1, -0.05) is 0 Å². The summed E-state index contributed by atoms with van der Waals surface area (Å²) in [7, 11) is 1.91. The Kier molecular flexibility index (Phi) is 7.62. The van der Waals surface area contributed by atoms with Crippen LogP contribution in [0.4, 0.5) is 0 Å². The number of morpholine rings is 1. The van der Waals surface area contributed by atoms with Gasteiger partial charge in [-0.2, -0.15) is 5.10 Å². The van der Waals surface area contributed by atoms with E-state index in [0.717, 1.165) is 38.1 Å². The van der Waals surface area contributed by atoms with Gasteiger partial charge in [0, 0.05) is 44.4 Å². The second kappa shape index (κ2) is 8.72. The third kappa shape index (κ3) is 4.35. The highest BCUT2D eigenvalue weighted by Crippen LogP contribution is 2.32. The summed E-state index contributed by atoms with van der Waals surface area (Å²) in [5.41, 5.74) is 1.14. The molecule has 2 aliphatic rings. The van der Waals surface area contributed by atoms with Gasteiger partial charge in [-0.3, -0.25) is 9.48 Å². The van der Waals surface area contributed by atoms with E-state index in [9.17, 15) is 4.79 Å². The fourth-order valence-electron chi connectivity index (χ4n) is 3.10. The quantitative estimate of drug-likeness (QED) is 0.892. The van der Waals surface area contributed by atoms with Crippen LogP contribution in [-0.2, 0) is 16.6 Å². The van der Waals surface area contributed by atoms with Crippen LogP contribution in [0.15, 0.2) is 12.4 Å². The van der Waals surface area contributed by atoms with Gasteiger partial charge < -0.3 is 15.0 Å². The number of hydrogen-bond donors (Lipinski definition) is 1. The number of ether oxygens (including phenoxy) is 1. The van der Waals surface area contributed by atoms with Crippen molar-refractivity contribution in [2.45, 2.75) is 31.3 Å². The lowest BCUT2D eigenvalue weighted by molar-refractivity contribution is -0.133. The molecule has 0 aromatic carbocycles. The summed E-state index contributed by atoms with van der Waals surface area (Å²) in [6.45, 7) is 3.07. The Hall–Kier alpha value is -0.820. The molecule has 2 unspecified atom stereocenters. The van der Waals surface area contributed by atoms with Crippen LogP contribution in [-0.4, -0.2) is 52.9 Å². The zero-order chi connectivity index (χ0) is 13.9. The van der Waals surface area contributed by atoms with Crippen LogP contribution in [0.1, 0.15) is 30.9 Å². The first-order valence-electron chi connectivity index (χ1n) is 7.33. The molecule has 3 heterocycles. The summed E-state index contributed by atoms with van der Waals surface area (Å²) in [5, 5.41) is 7.56. The smallest absolute Gasteiger partial charge is 0.224 e. The van der Waals surface area contributed by atoms with Gasteiger partial charge in [-0.25, -0.2) is 0 Å². The average molecular weight is 351 g/mol. The molecule has 1 aromatic rings. The Morgan fingerprint density at radius 1 is 1.50 bits per heavy atom. The average Bonchev–Trinajstić information content (AvgIpc) is 3.08. The van der Waals surface area contributed by atoms with Crippen molar-refractivity contribution in [1.82, 2.24) is 20.0 Å². The van der Waals surface area contributed by atoms with E-state index in [1.165, 1.54) is 0 Å². The Morgan fingerprint density at radius 3 is 2.95 bits per heavy atom. The van der Waals surface area contributed by atoms with Gasteiger partial charge in [0.1, 0.15) is 0 Å². The SMILES string of the molecule is Cl.Cl.Cn1cc(C2CCCN2C(=O)CC2COCCN2)cn1. The van der Waals surface area contributed by atoms with Crippen molar-refractivity contribution in [1.29, 1.82) is 0 Å². The molecule has 1 amide bonds. The van der Waals surface area contributed by atoms with Crippen LogP contribution in [0.3, 0.4) is 0 Å². The van der Waals surface area contributed by atoms with E-state index in [2.05, 4.69) is 10.4 Å². The Balaban J connectivity index is 0.00000121. The van der Waals surface area contributed by atoms with Gasteiger partial charge in [0.05, 0.1) is 25.5 Å². The number of carbonyl (C=O) groups excluding carboxylic acids is 1. The maximum absolute atomic E-state index is 12.5. The molecule has 1 aromatic heterocycles. The topological polar surface area (TPSA) is 59.4 Å². The van der Waals surface area contributed by atoms with Crippen molar-refractivity contribution < 1.29 is 9.53 Å². The van der Waals surface area contributed by atoms with Crippen LogP contribution in [0.2, 0.25) is 0 Å². The van der Waals surface area contributed by atoms with Gasteiger partial charge in [0.25, 0.3) is 0 Å². The van der Waals surface area contributed by atoms with Gasteiger partial charge in [-0.05, 0) is 12.8 Å². The predicted molar refractivity (Wildman–Crippen MR) is 88.6 cm³/mol. The van der Waals surface area contributed by atoms with E-state index >= 15 is 0 Å². The molecule has 0 spiro atoms. The molecule has 0 saturated carbocycles. The molecular formula is C14H24Cl2N4O2. The number of aromatic nitrogens is 2. The minimum Gasteiger partial charge on any atom is -0.378 e. The third-order valence-electron chi connectivity index (χ3n) is 4.10. The molecular weight excluding hydrogens is 327 g/mol. The molecule has 2 aliphatic heterocycles. The van der Waals surface area contributed by atoms with Gasteiger partial charge in [0.2, 0.25) is 5.91 Å². The number of nitrogens with one attached hydrogen (secondary N) is 1. The molecule has 8 heteroatoms. The highest BCUT2D eigenvalue weighted by Gasteiger charge is 2.32. The number of likely N-dealkylation sites (tertiary alicyclic amines) is 1. The Morgan fingerprint density at radius 2 is 2.32 bits per heavy atom. The van der Waals surface area contributed by atoms with Crippen LogP contribution in [0.5, 0.6) is 0 Å². The molecule has 3 rings (SSSR count). The lowest BCUT2D eigenvalue weighted by atomic mass is 10.1. The van der Waals surface area contributed by atoms with Crippen LogP contribution < -0.4 is 5.32 Å². The number of carbonyl (C=O) groups is 1. The zero-order valence-electron chi connectivity index (χ0n) is 12.7. The number of aryl methyl sites for hydroxylation is 1.